The summed E-state index contributed by atoms with van der Waals surface area (Å²) < 4.78 is 36.2. The third kappa shape index (κ3) is 3.95. The Morgan fingerprint density at radius 2 is 1.58 bits per heavy atom. The SMILES string of the molecule is CC(C)CC(N)C(C)C(F)(F)F. The minimum Gasteiger partial charge on any atom is -0.327 e. The second-order valence-corrected chi connectivity index (χ2v) is 3.62. The summed E-state index contributed by atoms with van der Waals surface area (Å²) in [6.07, 6.45) is -3.74. The van der Waals surface area contributed by atoms with Gasteiger partial charge in [-0.05, 0) is 12.3 Å². The van der Waals surface area contributed by atoms with E-state index in [1.807, 2.05) is 13.8 Å². The highest BCUT2D eigenvalue weighted by Crippen LogP contribution is 2.29. The van der Waals surface area contributed by atoms with Crippen molar-refractivity contribution in [2.24, 2.45) is 17.6 Å². The summed E-state index contributed by atoms with van der Waals surface area (Å²) in [6, 6.07) is -0.773. The second-order valence-electron chi connectivity index (χ2n) is 3.62. The Balaban J connectivity index is 4.01. The molecule has 12 heavy (non-hydrogen) atoms. The molecule has 1 nitrogen and oxygen atoms in total. The molecular weight excluding hydrogens is 167 g/mol. The van der Waals surface area contributed by atoms with Gasteiger partial charge in [0.05, 0.1) is 5.92 Å². The molecule has 0 rings (SSSR count). The lowest BCUT2D eigenvalue weighted by atomic mass is 9.94. The van der Waals surface area contributed by atoms with Crippen LogP contribution in [0.2, 0.25) is 0 Å². The lowest BCUT2D eigenvalue weighted by molar-refractivity contribution is -0.175. The third-order valence-electron chi connectivity index (χ3n) is 1.90. The maximum Gasteiger partial charge on any atom is 0.393 e. The average Bonchev–Trinajstić information content (AvgIpc) is 1.82. The maximum atomic E-state index is 12.1. The van der Waals surface area contributed by atoms with Crippen molar-refractivity contribution in [2.45, 2.75) is 39.4 Å². The van der Waals surface area contributed by atoms with E-state index in [9.17, 15) is 13.2 Å². The summed E-state index contributed by atoms with van der Waals surface area (Å²) >= 11 is 0. The molecule has 4 heteroatoms. The molecule has 74 valence electrons. The van der Waals surface area contributed by atoms with Crippen LogP contribution >= 0.6 is 0 Å². The van der Waals surface area contributed by atoms with Gasteiger partial charge < -0.3 is 5.73 Å². The molecule has 0 saturated heterocycles. The zero-order chi connectivity index (χ0) is 9.94. The minimum atomic E-state index is -4.16. The van der Waals surface area contributed by atoms with Crippen molar-refractivity contribution in [1.29, 1.82) is 0 Å². The average molecular weight is 183 g/mol. The zero-order valence-corrected chi connectivity index (χ0v) is 7.65. The molecule has 0 aliphatic carbocycles. The van der Waals surface area contributed by atoms with Gasteiger partial charge in [0, 0.05) is 6.04 Å². The van der Waals surface area contributed by atoms with Crippen LogP contribution in [0.15, 0.2) is 0 Å². The van der Waals surface area contributed by atoms with Crippen LogP contribution < -0.4 is 5.73 Å². The maximum absolute atomic E-state index is 12.1. The van der Waals surface area contributed by atoms with Crippen LogP contribution in [-0.4, -0.2) is 12.2 Å². The number of halogens is 3. The van der Waals surface area contributed by atoms with Crippen molar-refractivity contribution < 1.29 is 13.2 Å². The zero-order valence-electron chi connectivity index (χ0n) is 7.65. The number of alkyl halides is 3. The fraction of sp³-hybridized carbons (Fsp3) is 1.00. The van der Waals surface area contributed by atoms with Gasteiger partial charge in [-0.1, -0.05) is 20.8 Å². The van der Waals surface area contributed by atoms with Crippen molar-refractivity contribution in [1.82, 2.24) is 0 Å². The van der Waals surface area contributed by atoms with E-state index in [-0.39, 0.29) is 5.92 Å². The van der Waals surface area contributed by atoms with Crippen LogP contribution in [0, 0.1) is 11.8 Å². The number of rotatable bonds is 3. The first kappa shape index (κ1) is 11.8. The third-order valence-corrected chi connectivity index (χ3v) is 1.90. The summed E-state index contributed by atoms with van der Waals surface area (Å²) in [4.78, 5) is 0. The lowest BCUT2D eigenvalue weighted by Gasteiger charge is -2.23. The quantitative estimate of drug-likeness (QED) is 0.715. The van der Waals surface area contributed by atoms with E-state index in [2.05, 4.69) is 0 Å². The Hall–Kier alpha value is -0.250. The minimum absolute atomic E-state index is 0.213. The van der Waals surface area contributed by atoms with Gasteiger partial charge in [0.1, 0.15) is 0 Å². The Bertz CT molecular complexity index is 131. The van der Waals surface area contributed by atoms with Crippen molar-refractivity contribution in [3.8, 4) is 0 Å². The predicted molar refractivity (Wildman–Crippen MR) is 42.6 cm³/mol. The van der Waals surface area contributed by atoms with Gasteiger partial charge in [-0.3, -0.25) is 0 Å². The topological polar surface area (TPSA) is 26.0 Å². The molecule has 0 radical (unpaired) electrons. The summed E-state index contributed by atoms with van der Waals surface area (Å²) in [5.41, 5.74) is 5.38. The molecule has 0 spiro atoms. The van der Waals surface area contributed by atoms with Gasteiger partial charge >= 0.3 is 6.18 Å². The van der Waals surface area contributed by atoms with Crippen molar-refractivity contribution >= 4 is 0 Å². The first-order valence-electron chi connectivity index (χ1n) is 4.07. The molecule has 2 atom stereocenters. The molecule has 0 aliphatic rings. The molecule has 2 unspecified atom stereocenters. The molecule has 0 bridgehead atoms. The molecule has 0 amide bonds. The highest BCUT2D eigenvalue weighted by atomic mass is 19.4. The van der Waals surface area contributed by atoms with Gasteiger partial charge in [0.25, 0.3) is 0 Å². The summed E-state index contributed by atoms with van der Waals surface area (Å²) in [7, 11) is 0. The monoisotopic (exact) mass is 183 g/mol. The molecular formula is C8H16F3N. The molecule has 0 aromatic rings. The van der Waals surface area contributed by atoms with Crippen molar-refractivity contribution in [3.63, 3.8) is 0 Å². The van der Waals surface area contributed by atoms with Gasteiger partial charge in [-0.25, -0.2) is 0 Å². The van der Waals surface area contributed by atoms with Gasteiger partial charge in [-0.2, -0.15) is 13.2 Å². The molecule has 0 fully saturated rings. The van der Waals surface area contributed by atoms with Crippen LogP contribution in [0.25, 0.3) is 0 Å². The van der Waals surface area contributed by atoms with Crippen LogP contribution in [0.1, 0.15) is 27.2 Å². The molecule has 0 heterocycles. The first-order chi connectivity index (χ1) is 5.25. The van der Waals surface area contributed by atoms with E-state index in [1.54, 1.807) is 0 Å². The van der Waals surface area contributed by atoms with Gasteiger partial charge in [-0.15, -0.1) is 0 Å². The van der Waals surface area contributed by atoms with E-state index in [1.165, 1.54) is 0 Å². The first-order valence-corrected chi connectivity index (χ1v) is 4.07. The van der Waals surface area contributed by atoms with Crippen molar-refractivity contribution in [3.05, 3.63) is 0 Å². The normalized spacial score (nSPS) is 18.0. The predicted octanol–water partition coefficient (Wildman–Crippen LogP) is 2.56. The van der Waals surface area contributed by atoms with E-state index in [0.717, 1.165) is 6.92 Å². The van der Waals surface area contributed by atoms with E-state index >= 15 is 0 Å². The second kappa shape index (κ2) is 4.12. The number of hydrogen-bond acceptors (Lipinski definition) is 1. The molecule has 2 N–H and O–H groups in total. The molecule has 0 aliphatic heterocycles. The number of nitrogens with two attached hydrogens (primary N) is 1. The smallest absolute Gasteiger partial charge is 0.327 e. The fourth-order valence-electron chi connectivity index (χ4n) is 0.991. The Morgan fingerprint density at radius 3 is 1.83 bits per heavy atom. The van der Waals surface area contributed by atoms with E-state index in [0.29, 0.717) is 6.42 Å². The summed E-state index contributed by atoms with van der Waals surface area (Å²) in [5.74, 6) is -1.19. The van der Waals surface area contributed by atoms with Crippen LogP contribution in [0.5, 0.6) is 0 Å². The highest BCUT2D eigenvalue weighted by Gasteiger charge is 2.39. The van der Waals surface area contributed by atoms with E-state index in [4.69, 9.17) is 5.73 Å². The molecule has 0 aromatic heterocycles. The summed E-state index contributed by atoms with van der Waals surface area (Å²) in [5, 5.41) is 0. The van der Waals surface area contributed by atoms with Crippen LogP contribution in [0.4, 0.5) is 13.2 Å². The fourth-order valence-corrected chi connectivity index (χ4v) is 0.991. The summed E-state index contributed by atoms with van der Waals surface area (Å²) in [6.45, 7) is 4.86. The largest absolute Gasteiger partial charge is 0.393 e. The Labute approximate surface area is 71.1 Å². The molecule has 0 aromatic carbocycles. The number of hydrogen-bond donors (Lipinski definition) is 1. The van der Waals surface area contributed by atoms with Gasteiger partial charge in [0.15, 0.2) is 0 Å². The highest BCUT2D eigenvalue weighted by molar-refractivity contribution is 4.75. The standard InChI is InChI=1S/C8H16F3N/c1-5(2)4-7(12)6(3)8(9,10)11/h5-7H,4,12H2,1-3H3. The van der Waals surface area contributed by atoms with Gasteiger partial charge in [0.2, 0.25) is 0 Å². The lowest BCUT2D eigenvalue weighted by Crippen LogP contribution is -2.38. The Kier molecular flexibility index (Phi) is 4.03. The van der Waals surface area contributed by atoms with Crippen LogP contribution in [-0.2, 0) is 0 Å². The van der Waals surface area contributed by atoms with E-state index < -0.39 is 18.1 Å². The Morgan fingerprint density at radius 1 is 1.17 bits per heavy atom. The molecule has 0 saturated carbocycles. The van der Waals surface area contributed by atoms with Crippen LogP contribution in [0.3, 0.4) is 0 Å². The van der Waals surface area contributed by atoms with Crippen molar-refractivity contribution in [2.75, 3.05) is 0 Å².